The molecule has 0 aliphatic heterocycles. The number of rotatable bonds is 5. The van der Waals surface area contributed by atoms with E-state index in [1.165, 1.54) is 31.2 Å². The van der Waals surface area contributed by atoms with Gasteiger partial charge < -0.3 is 10.1 Å². The molecule has 1 amide bonds. The summed E-state index contributed by atoms with van der Waals surface area (Å²) in [6.45, 7) is 1.49. The standard InChI is InChI=1S/C19H15F3N4O3/c1-12(18(28)24-14-2-4-15(5-3-14)29-19(20,21)22)26-17(27)7-6-16(25-26)13-8-10-23-11-9-13/h2-12H,1H3,(H,24,28). The third-order valence-electron chi connectivity index (χ3n) is 3.90. The molecule has 0 fully saturated rings. The summed E-state index contributed by atoms with van der Waals surface area (Å²) in [5, 5.41) is 6.76. The first-order chi connectivity index (χ1) is 13.7. The average molecular weight is 404 g/mol. The number of anilines is 1. The monoisotopic (exact) mass is 404 g/mol. The van der Waals surface area contributed by atoms with Gasteiger partial charge in [-0.2, -0.15) is 5.10 Å². The summed E-state index contributed by atoms with van der Waals surface area (Å²) in [6, 6.07) is 9.97. The van der Waals surface area contributed by atoms with E-state index in [1.807, 2.05) is 0 Å². The first-order valence-electron chi connectivity index (χ1n) is 8.40. The minimum atomic E-state index is -4.80. The Labute approximate surface area is 162 Å². The van der Waals surface area contributed by atoms with Gasteiger partial charge in [0.15, 0.2) is 0 Å². The fourth-order valence-electron chi connectivity index (χ4n) is 2.48. The lowest BCUT2D eigenvalue weighted by Gasteiger charge is -2.15. The number of benzene rings is 1. The molecule has 0 aliphatic carbocycles. The van der Waals surface area contributed by atoms with Crippen LogP contribution in [0, 0.1) is 0 Å². The number of nitrogens with one attached hydrogen (secondary N) is 1. The lowest BCUT2D eigenvalue weighted by Crippen LogP contribution is -2.33. The Kier molecular flexibility index (Phi) is 5.62. The quantitative estimate of drug-likeness (QED) is 0.704. The molecule has 0 saturated heterocycles. The van der Waals surface area contributed by atoms with Crippen LogP contribution < -0.4 is 15.6 Å². The van der Waals surface area contributed by atoms with Crippen molar-refractivity contribution in [1.29, 1.82) is 0 Å². The van der Waals surface area contributed by atoms with Crippen LogP contribution >= 0.6 is 0 Å². The lowest BCUT2D eigenvalue weighted by molar-refractivity contribution is -0.274. The Bertz CT molecular complexity index is 1050. The zero-order valence-electron chi connectivity index (χ0n) is 15.1. The predicted octanol–water partition coefficient (Wildman–Crippen LogP) is 3.40. The number of halogens is 3. The minimum Gasteiger partial charge on any atom is -0.406 e. The number of pyridine rings is 1. The number of hydrogen-bond donors (Lipinski definition) is 1. The highest BCUT2D eigenvalue weighted by Gasteiger charge is 2.31. The summed E-state index contributed by atoms with van der Waals surface area (Å²) in [7, 11) is 0. The molecule has 1 aromatic carbocycles. The third kappa shape index (κ3) is 5.18. The average Bonchev–Trinajstić information content (AvgIpc) is 2.69. The maximum atomic E-state index is 12.5. The van der Waals surface area contributed by atoms with Gasteiger partial charge in [0.05, 0.1) is 5.69 Å². The molecule has 10 heteroatoms. The predicted molar refractivity (Wildman–Crippen MR) is 98.2 cm³/mol. The summed E-state index contributed by atoms with van der Waals surface area (Å²) in [6.07, 6.45) is -1.64. The molecule has 0 spiro atoms. The number of alkyl halides is 3. The fraction of sp³-hybridized carbons (Fsp3) is 0.158. The SMILES string of the molecule is CC(C(=O)Nc1ccc(OC(F)(F)F)cc1)n1nc(-c2ccncc2)ccc1=O. The topological polar surface area (TPSA) is 86.1 Å². The molecule has 2 heterocycles. The van der Waals surface area contributed by atoms with E-state index in [9.17, 15) is 22.8 Å². The number of hydrogen-bond acceptors (Lipinski definition) is 5. The molecule has 150 valence electrons. The van der Waals surface area contributed by atoms with Gasteiger partial charge in [-0.1, -0.05) is 0 Å². The third-order valence-corrected chi connectivity index (χ3v) is 3.90. The first-order valence-corrected chi connectivity index (χ1v) is 8.40. The molecular formula is C19H15F3N4O3. The summed E-state index contributed by atoms with van der Waals surface area (Å²) < 4.78 is 41.4. The van der Waals surface area contributed by atoms with E-state index in [0.29, 0.717) is 5.69 Å². The van der Waals surface area contributed by atoms with Crippen LogP contribution in [-0.2, 0) is 4.79 Å². The molecule has 7 nitrogen and oxygen atoms in total. The number of ether oxygens (including phenoxy) is 1. The van der Waals surface area contributed by atoms with Gasteiger partial charge in [0.25, 0.3) is 5.56 Å². The second-order valence-corrected chi connectivity index (χ2v) is 5.97. The zero-order valence-corrected chi connectivity index (χ0v) is 15.1. The van der Waals surface area contributed by atoms with Gasteiger partial charge in [0.1, 0.15) is 11.8 Å². The largest absolute Gasteiger partial charge is 0.573 e. The molecule has 0 saturated carbocycles. The highest BCUT2D eigenvalue weighted by Crippen LogP contribution is 2.24. The Morgan fingerprint density at radius 2 is 1.72 bits per heavy atom. The Morgan fingerprint density at radius 1 is 1.07 bits per heavy atom. The Balaban J connectivity index is 1.76. The number of carbonyl (C=O) groups is 1. The van der Waals surface area contributed by atoms with Gasteiger partial charge in [0.2, 0.25) is 5.91 Å². The molecule has 1 atom stereocenters. The molecule has 0 bridgehead atoms. The van der Waals surface area contributed by atoms with E-state index < -0.39 is 29.6 Å². The van der Waals surface area contributed by atoms with Crippen LogP contribution in [0.15, 0.2) is 65.7 Å². The smallest absolute Gasteiger partial charge is 0.406 e. The zero-order chi connectivity index (χ0) is 21.0. The summed E-state index contributed by atoms with van der Waals surface area (Å²) in [5.74, 6) is -0.970. The molecule has 2 aromatic heterocycles. The number of amides is 1. The van der Waals surface area contributed by atoms with Crippen LogP contribution in [0.3, 0.4) is 0 Å². The second kappa shape index (κ2) is 8.13. The first kappa shape index (κ1) is 20.1. The van der Waals surface area contributed by atoms with Crippen LogP contribution in [0.25, 0.3) is 11.3 Å². The Hall–Kier alpha value is -3.69. The van der Waals surface area contributed by atoms with Crippen LogP contribution in [0.2, 0.25) is 0 Å². The maximum absolute atomic E-state index is 12.5. The van der Waals surface area contributed by atoms with Crippen molar-refractivity contribution < 1.29 is 22.7 Å². The lowest BCUT2D eigenvalue weighted by atomic mass is 10.2. The van der Waals surface area contributed by atoms with Crippen molar-refractivity contribution >= 4 is 11.6 Å². The molecule has 29 heavy (non-hydrogen) atoms. The van der Waals surface area contributed by atoms with Gasteiger partial charge in [0, 0.05) is 29.7 Å². The van der Waals surface area contributed by atoms with Crippen molar-refractivity contribution in [1.82, 2.24) is 14.8 Å². The molecule has 3 aromatic rings. The molecule has 1 N–H and O–H groups in total. The van der Waals surface area contributed by atoms with Crippen LogP contribution in [-0.4, -0.2) is 27.0 Å². The van der Waals surface area contributed by atoms with Gasteiger partial charge in [-0.05, 0) is 49.4 Å². The van der Waals surface area contributed by atoms with Crippen LogP contribution in [0.5, 0.6) is 5.75 Å². The molecule has 0 radical (unpaired) electrons. The van der Waals surface area contributed by atoms with Crippen molar-refractivity contribution in [2.75, 3.05) is 5.32 Å². The summed E-state index contributed by atoms with van der Waals surface area (Å²) in [4.78, 5) is 28.6. The number of aromatic nitrogens is 3. The van der Waals surface area contributed by atoms with E-state index in [1.54, 1.807) is 24.5 Å². The van der Waals surface area contributed by atoms with E-state index in [2.05, 4.69) is 20.1 Å². The normalized spacial score (nSPS) is 12.3. The molecule has 3 rings (SSSR count). The van der Waals surface area contributed by atoms with Gasteiger partial charge in [-0.15, -0.1) is 13.2 Å². The Morgan fingerprint density at radius 3 is 2.34 bits per heavy atom. The number of carbonyl (C=O) groups excluding carboxylic acids is 1. The molecule has 0 aliphatic rings. The van der Waals surface area contributed by atoms with Crippen LogP contribution in [0.4, 0.5) is 18.9 Å². The van der Waals surface area contributed by atoms with Crippen LogP contribution in [0.1, 0.15) is 13.0 Å². The van der Waals surface area contributed by atoms with E-state index in [0.717, 1.165) is 22.4 Å². The van der Waals surface area contributed by atoms with Crippen molar-refractivity contribution in [2.24, 2.45) is 0 Å². The summed E-state index contributed by atoms with van der Waals surface area (Å²) >= 11 is 0. The van der Waals surface area contributed by atoms with Crippen molar-refractivity contribution in [3.05, 3.63) is 71.3 Å². The van der Waals surface area contributed by atoms with Crippen molar-refractivity contribution in [2.45, 2.75) is 19.3 Å². The second-order valence-electron chi connectivity index (χ2n) is 5.97. The minimum absolute atomic E-state index is 0.245. The number of nitrogens with zero attached hydrogens (tertiary/aromatic N) is 3. The highest BCUT2D eigenvalue weighted by atomic mass is 19.4. The highest BCUT2D eigenvalue weighted by molar-refractivity contribution is 5.93. The van der Waals surface area contributed by atoms with Gasteiger partial charge >= 0.3 is 6.36 Å². The summed E-state index contributed by atoms with van der Waals surface area (Å²) in [5.41, 5.74) is 0.982. The molecular weight excluding hydrogens is 389 g/mol. The van der Waals surface area contributed by atoms with E-state index >= 15 is 0 Å². The van der Waals surface area contributed by atoms with Crippen molar-refractivity contribution in [3.8, 4) is 17.0 Å². The van der Waals surface area contributed by atoms with E-state index in [4.69, 9.17) is 0 Å². The maximum Gasteiger partial charge on any atom is 0.573 e. The van der Waals surface area contributed by atoms with Gasteiger partial charge in [-0.3, -0.25) is 14.6 Å². The molecule has 1 unspecified atom stereocenters. The van der Waals surface area contributed by atoms with E-state index in [-0.39, 0.29) is 5.69 Å². The fourth-order valence-corrected chi connectivity index (χ4v) is 2.48. The van der Waals surface area contributed by atoms with Crippen molar-refractivity contribution in [3.63, 3.8) is 0 Å². The van der Waals surface area contributed by atoms with Gasteiger partial charge in [-0.25, -0.2) is 4.68 Å².